The van der Waals surface area contributed by atoms with Crippen LogP contribution in [-0.2, 0) is 6.42 Å². The lowest BCUT2D eigenvalue weighted by atomic mass is 10.1. The van der Waals surface area contributed by atoms with Crippen molar-refractivity contribution in [1.82, 2.24) is 4.98 Å². The van der Waals surface area contributed by atoms with Gasteiger partial charge in [0.25, 0.3) is 0 Å². The van der Waals surface area contributed by atoms with Gasteiger partial charge in [0, 0.05) is 22.5 Å². The molecule has 0 saturated carbocycles. The van der Waals surface area contributed by atoms with Gasteiger partial charge >= 0.3 is 0 Å². The molecular formula is C11H11ClN2S. The highest BCUT2D eigenvalue weighted by Crippen LogP contribution is 2.24. The number of nitrogens with two attached hydrogens (primary N) is 1. The molecule has 78 valence electrons. The van der Waals surface area contributed by atoms with E-state index in [9.17, 15) is 0 Å². The average Bonchev–Trinajstić information content (AvgIpc) is 2.59. The SMILES string of the molecule is Cc1c(Cl)cccc1Cc1cnc(N)s1. The number of hydrogen-bond acceptors (Lipinski definition) is 3. The van der Waals surface area contributed by atoms with Crippen molar-refractivity contribution in [2.24, 2.45) is 0 Å². The zero-order valence-electron chi connectivity index (χ0n) is 8.33. The van der Waals surface area contributed by atoms with Crippen LogP contribution in [0.4, 0.5) is 5.13 Å². The fraction of sp³-hybridized carbons (Fsp3) is 0.182. The lowest BCUT2D eigenvalue weighted by molar-refractivity contribution is 1.18. The van der Waals surface area contributed by atoms with Crippen molar-refractivity contribution in [2.45, 2.75) is 13.3 Å². The summed E-state index contributed by atoms with van der Waals surface area (Å²) in [6.45, 7) is 2.03. The number of aromatic nitrogens is 1. The van der Waals surface area contributed by atoms with Crippen molar-refractivity contribution in [3.8, 4) is 0 Å². The molecule has 2 nitrogen and oxygen atoms in total. The van der Waals surface area contributed by atoms with Gasteiger partial charge in [-0.15, -0.1) is 11.3 Å². The standard InChI is InChI=1S/C11H11ClN2S/c1-7-8(3-2-4-10(7)12)5-9-6-14-11(13)15-9/h2-4,6H,5H2,1H3,(H2,13,14). The fourth-order valence-electron chi connectivity index (χ4n) is 1.44. The molecule has 0 amide bonds. The van der Waals surface area contributed by atoms with Crippen molar-refractivity contribution in [3.63, 3.8) is 0 Å². The van der Waals surface area contributed by atoms with E-state index in [2.05, 4.69) is 11.1 Å². The molecule has 0 bridgehead atoms. The molecule has 4 heteroatoms. The minimum absolute atomic E-state index is 0.615. The lowest BCUT2D eigenvalue weighted by Crippen LogP contribution is -1.89. The van der Waals surface area contributed by atoms with E-state index in [0.717, 1.165) is 21.9 Å². The van der Waals surface area contributed by atoms with Gasteiger partial charge in [-0.1, -0.05) is 23.7 Å². The van der Waals surface area contributed by atoms with Crippen LogP contribution in [0.15, 0.2) is 24.4 Å². The van der Waals surface area contributed by atoms with Gasteiger partial charge in [-0.2, -0.15) is 0 Å². The smallest absolute Gasteiger partial charge is 0.180 e. The first-order valence-electron chi connectivity index (χ1n) is 4.61. The molecule has 0 spiro atoms. The molecule has 2 rings (SSSR count). The second-order valence-corrected chi connectivity index (χ2v) is 4.92. The van der Waals surface area contributed by atoms with Gasteiger partial charge in [0.15, 0.2) is 5.13 Å². The molecule has 0 saturated heterocycles. The van der Waals surface area contributed by atoms with Crippen LogP contribution in [0.1, 0.15) is 16.0 Å². The van der Waals surface area contributed by atoms with Crippen LogP contribution in [0, 0.1) is 6.92 Å². The number of nitrogens with zero attached hydrogens (tertiary/aromatic N) is 1. The van der Waals surface area contributed by atoms with Crippen LogP contribution in [0.3, 0.4) is 0 Å². The summed E-state index contributed by atoms with van der Waals surface area (Å²) in [5.74, 6) is 0. The summed E-state index contributed by atoms with van der Waals surface area (Å²) in [4.78, 5) is 5.19. The van der Waals surface area contributed by atoms with E-state index in [1.807, 2.05) is 25.3 Å². The average molecular weight is 239 g/mol. The van der Waals surface area contributed by atoms with E-state index in [4.69, 9.17) is 17.3 Å². The molecule has 1 heterocycles. The first kappa shape index (κ1) is 10.5. The lowest BCUT2D eigenvalue weighted by Gasteiger charge is -2.05. The molecule has 0 atom stereocenters. The minimum Gasteiger partial charge on any atom is -0.375 e. The quantitative estimate of drug-likeness (QED) is 0.872. The summed E-state index contributed by atoms with van der Waals surface area (Å²) in [6.07, 6.45) is 2.67. The second kappa shape index (κ2) is 4.21. The number of thiazole rings is 1. The number of benzene rings is 1. The molecule has 0 aliphatic carbocycles. The van der Waals surface area contributed by atoms with Crippen LogP contribution in [-0.4, -0.2) is 4.98 Å². The predicted octanol–water partition coefficient (Wildman–Crippen LogP) is 3.28. The molecule has 2 aromatic rings. The summed E-state index contributed by atoms with van der Waals surface area (Å²) in [6, 6.07) is 5.95. The molecule has 0 aliphatic rings. The first-order valence-corrected chi connectivity index (χ1v) is 5.80. The van der Waals surface area contributed by atoms with Crippen LogP contribution < -0.4 is 5.73 Å². The van der Waals surface area contributed by atoms with Gasteiger partial charge in [0.05, 0.1) is 0 Å². The summed E-state index contributed by atoms with van der Waals surface area (Å²) in [5, 5.41) is 1.43. The summed E-state index contributed by atoms with van der Waals surface area (Å²) in [5.41, 5.74) is 7.94. The Balaban J connectivity index is 2.28. The Morgan fingerprint density at radius 1 is 1.47 bits per heavy atom. The summed E-state index contributed by atoms with van der Waals surface area (Å²) < 4.78 is 0. The van der Waals surface area contributed by atoms with E-state index in [-0.39, 0.29) is 0 Å². The maximum atomic E-state index is 6.05. The van der Waals surface area contributed by atoms with Gasteiger partial charge < -0.3 is 5.73 Å². The molecular weight excluding hydrogens is 228 g/mol. The Morgan fingerprint density at radius 2 is 2.27 bits per heavy atom. The largest absolute Gasteiger partial charge is 0.375 e. The normalized spacial score (nSPS) is 10.5. The van der Waals surface area contributed by atoms with Crippen LogP contribution in [0.25, 0.3) is 0 Å². The van der Waals surface area contributed by atoms with E-state index < -0.39 is 0 Å². The maximum Gasteiger partial charge on any atom is 0.180 e. The van der Waals surface area contributed by atoms with Crippen molar-refractivity contribution < 1.29 is 0 Å². The fourth-order valence-corrected chi connectivity index (χ4v) is 2.34. The Labute approximate surface area is 97.7 Å². The Bertz CT molecular complexity index is 479. The van der Waals surface area contributed by atoms with Crippen molar-refractivity contribution in [3.05, 3.63) is 45.4 Å². The highest BCUT2D eigenvalue weighted by atomic mass is 35.5. The van der Waals surface area contributed by atoms with Crippen LogP contribution >= 0.6 is 22.9 Å². The Morgan fingerprint density at radius 3 is 2.93 bits per heavy atom. The first-order chi connectivity index (χ1) is 7.16. The van der Waals surface area contributed by atoms with Crippen molar-refractivity contribution >= 4 is 28.1 Å². The highest BCUT2D eigenvalue weighted by Gasteiger charge is 2.05. The molecule has 0 unspecified atom stereocenters. The predicted molar refractivity (Wildman–Crippen MR) is 65.5 cm³/mol. The van der Waals surface area contributed by atoms with E-state index in [0.29, 0.717) is 5.13 Å². The Hall–Kier alpha value is -1.06. The van der Waals surface area contributed by atoms with Gasteiger partial charge in [0.1, 0.15) is 0 Å². The molecule has 0 fully saturated rings. The van der Waals surface area contributed by atoms with E-state index in [1.54, 1.807) is 0 Å². The monoisotopic (exact) mass is 238 g/mol. The van der Waals surface area contributed by atoms with Crippen molar-refractivity contribution in [2.75, 3.05) is 5.73 Å². The minimum atomic E-state index is 0.615. The number of nitrogen functional groups attached to an aromatic ring is 1. The number of halogens is 1. The molecule has 0 radical (unpaired) electrons. The van der Waals surface area contributed by atoms with Gasteiger partial charge in [-0.05, 0) is 24.1 Å². The third kappa shape index (κ3) is 2.30. The molecule has 0 aliphatic heterocycles. The van der Waals surface area contributed by atoms with E-state index >= 15 is 0 Å². The van der Waals surface area contributed by atoms with Gasteiger partial charge in [-0.25, -0.2) is 4.98 Å². The third-order valence-electron chi connectivity index (χ3n) is 2.32. The van der Waals surface area contributed by atoms with Gasteiger partial charge in [0.2, 0.25) is 0 Å². The number of hydrogen-bond donors (Lipinski definition) is 1. The zero-order chi connectivity index (χ0) is 10.8. The summed E-state index contributed by atoms with van der Waals surface area (Å²) >= 11 is 7.57. The van der Waals surface area contributed by atoms with Gasteiger partial charge in [-0.3, -0.25) is 0 Å². The molecule has 2 N–H and O–H groups in total. The molecule has 1 aromatic carbocycles. The highest BCUT2D eigenvalue weighted by molar-refractivity contribution is 7.15. The summed E-state index contributed by atoms with van der Waals surface area (Å²) in [7, 11) is 0. The Kier molecular flexibility index (Phi) is 2.93. The number of anilines is 1. The maximum absolute atomic E-state index is 6.05. The second-order valence-electron chi connectivity index (χ2n) is 3.37. The molecule has 15 heavy (non-hydrogen) atoms. The zero-order valence-corrected chi connectivity index (χ0v) is 9.90. The van der Waals surface area contributed by atoms with Crippen LogP contribution in [0.5, 0.6) is 0 Å². The van der Waals surface area contributed by atoms with Crippen molar-refractivity contribution in [1.29, 1.82) is 0 Å². The number of rotatable bonds is 2. The topological polar surface area (TPSA) is 38.9 Å². The van der Waals surface area contributed by atoms with Crippen LogP contribution in [0.2, 0.25) is 5.02 Å². The molecule has 1 aromatic heterocycles. The third-order valence-corrected chi connectivity index (χ3v) is 3.55. The van der Waals surface area contributed by atoms with E-state index in [1.165, 1.54) is 16.9 Å².